The Labute approximate surface area is 103 Å². The molecule has 1 aromatic heterocycles. The highest BCUT2D eigenvalue weighted by Gasteiger charge is 2.07. The lowest BCUT2D eigenvalue weighted by molar-refractivity contribution is 0.583. The molecule has 0 saturated heterocycles. The summed E-state index contributed by atoms with van der Waals surface area (Å²) in [5.74, 6) is 2.42. The number of nitrogens with zero attached hydrogens (tertiary/aromatic N) is 3. The molecule has 0 atom stereocenters. The van der Waals surface area contributed by atoms with Gasteiger partial charge < -0.3 is 4.90 Å². The number of hydrogen-bond acceptors (Lipinski definition) is 3. The molecule has 0 N–H and O–H groups in total. The molecule has 0 amide bonds. The summed E-state index contributed by atoms with van der Waals surface area (Å²) in [5.41, 5.74) is 0. The fourth-order valence-electron chi connectivity index (χ4n) is 1.37. The standard InChI is InChI=1S/C12H20ClN3/c1-5-11-14-10(13)8-12(15-11)16(4)7-6-9(2)3/h8-9H,5-7H2,1-4H3. The highest BCUT2D eigenvalue weighted by Crippen LogP contribution is 2.16. The maximum absolute atomic E-state index is 5.96. The predicted octanol–water partition coefficient (Wildman–Crippen LogP) is 3.17. The second-order valence-electron chi connectivity index (χ2n) is 4.42. The van der Waals surface area contributed by atoms with Gasteiger partial charge in [0.2, 0.25) is 0 Å². The lowest BCUT2D eigenvalue weighted by Crippen LogP contribution is -2.21. The average Bonchev–Trinajstić information content (AvgIpc) is 2.24. The minimum atomic E-state index is 0.526. The van der Waals surface area contributed by atoms with E-state index in [0.29, 0.717) is 11.1 Å². The van der Waals surface area contributed by atoms with Crippen LogP contribution in [-0.2, 0) is 6.42 Å². The van der Waals surface area contributed by atoms with Gasteiger partial charge in [-0.05, 0) is 12.3 Å². The van der Waals surface area contributed by atoms with Crippen LogP contribution >= 0.6 is 11.6 Å². The van der Waals surface area contributed by atoms with E-state index in [1.54, 1.807) is 0 Å². The zero-order chi connectivity index (χ0) is 12.1. The van der Waals surface area contributed by atoms with Crippen LogP contribution in [0.5, 0.6) is 0 Å². The summed E-state index contributed by atoms with van der Waals surface area (Å²) in [5, 5.41) is 0.526. The Morgan fingerprint density at radius 1 is 1.38 bits per heavy atom. The van der Waals surface area contributed by atoms with Gasteiger partial charge in [-0.3, -0.25) is 0 Å². The van der Waals surface area contributed by atoms with Crippen molar-refractivity contribution in [3.05, 3.63) is 17.0 Å². The Balaban J connectivity index is 2.74. The van der Waals surface area contributed by atoms with E-state index in [1.807, 2.05) is 20.0 Å². The molecule has 0 aliphatic heterocycles. The van der Waals surface area contributed by atoms with Crippen LogP contribution in [0.25, 0.3) is 0 Å². The number of anilines is 1. The zero-order valence-corrected chi connectivity index (χ0v) is 11.3. The monoisotopic (exact) mass is 241 g/mol. The summed E-state index contributed by atoms with van der Waals surface area (Å²) in [4.78, 5) is 10.7. The summed E-state index contributed by atoms with van der Waals surface area (Å²) in [7, 11) is 2.04. The number of halogens is 1. The van der Waals surface area contributed by atoms with Crippen molar-refractivity contribution in [2.24, 2.45) is 5.92 Å². The molecule has 0 aromatic carbocycles. The fourth-order valence-corrected chi connectivity index (χ4v) is 1.57. The van der Waals surface area contributed by atoms with Crippen molar-refractivity contribution < 1.29 is 0 Å². The van der Waals surface area contributed by atoms with Gasteiger partial charge in [0.1, 0.15) is 16.8 Å². The molecule has 90 valence electrons. The molecule has 0 fully saturated rings. The van der Waals surface area contributed by atoms with Crippen molar-refractivity contribution in [1.29, 1.82) is 0 Å². The van der Waals surface area contributed by atoms with Crippen LogP contribution < -0.4 is 4.90 Å². The lowest BCUT2D eigenvalue weighted by Gasteiger charge is -2.19. The van der Waals surface area contributed by atoms with Crippen molar-refractivity contribution in [3.8, 4) is 0 Å². The normalized spacial score (nSPS) is 10.9. The summed E-state index contributed by atoms with van der Waals surface area (Å²) >= 11 is 5.96. The van der Waals surface area contributed by atoms with E-state index in [2.05, 4.69) is 28.7 Å². The summed E-state index contributed by atoms with van der Waals surface area (Å²) in [6.45, 7) is 7.47. The van der Waals surface area contributed by atoms with Crippen molar-refractivity contribution >= 4 is 17.4 Å². The van der Waals surface area contributed by atoms with Gasteiger partial charge in [0.25, 0.3) is 0 Å². The highest BCUT2D eigenvalue weighted by molar-refractivity contribution is 6.29. The van der Waals surface area contributed by atoms with Crippen LogP contribution in [0.15, 0.2) is 6.07 Å². The average molecular weight is 242 g/mol. The molecule has 0 aliphatic rings. The predicted molar refractivity (Wildman–Crippen MR) is 69.1 cm³/mol. The molecule has 1 heterocycles. The van der Waals surface area contributed by atoms with Crippen LogP contribution in [0.1, 0.15) is 33.0 Å². The van der Waals surface area contributed by atoms with E-state index in [0.717, 1.165) is 31.0 Å². The number of aromatic nitrogens is 2. The summed E-state index contributed by atoms with van der Waals surface area (Å²) < 4.78 is 0. The summed E-state index contributed by atoms with van der Waals surface area (Å²) in [6.07, 6.45) is 1.96. The SMILES string of the molecule is CCc1nc(Cl)cc(N(C)CCC(C)C)n1. The largest absolute Gasteiger partial charge is 0.360 e. The van der Waals surface area contributed by atoms with E-state index in [-0.39, 0.29) is 0 Å². The Kier molecular flexibility index (Phi) is 5.00. The topological polar surface area (TPSA) is 29.0 Å². The molecule has 16 heavy (non-hydrogen) atoms. The van der Waals surface area contributed by atoms with Crippen LogP contribution in [0.2, 0.25) is 5.15 Å². The van der Waals surface area contributed by atoms with Gasteiger partial charge in [0.15, 0.2) is 0 Å². The third-order valence-corrected chi connectivity index (χ3v) is 2.67. The van der Waals surface area contributed by atoms with Gasteiger partial charge in [0.05, 0.1) is 0 Å². The Bertz CT molecular complexity index is 339. The second kappa shape index (κ2) is 6.04. The molecule has 0 spiro atoms. The maximum Gasteiger partial charge on any atom is 0.134 e. The molecule has 0 aliphatic carbocycles. The summed E-state index contributed by atoms with van der Waals surface area (Å²) in [6, 6.07) is 1.82. The molecular formula is C12H20ClN3. The van der Waals surface area contributed by atoms with Gasteiger partial charge >= 0.3 is 0 Å². The quantitative estimate of drug-likeness (QED) is 0.742. The van der Waals surface area contributed by atoms with Gasteiger partial charge in [-0.2, -0.15) is 0 Å². The van der Waals surface area contributed by atoms with E-state index in [4.69, 9.17) is 11.6 Å². The molecule has 0 bridgehead atoms. The Morgan fingerprint density at radius 2 is 2.06 bits per heavy atom. The lowest BCUT2D eigenvalue weighted by atomic mass is 10.1. The fraction of sp³-hybridized carbons (Fsp3) is 0.667. The molecule has 0 radical (unpaired) electrons. The number of rotatable bonds is 5. The first-order valence-corrected chi connectivity index (χ1v) is 6.15. The Hall–Kier alpha value is -0.830. The molecule has 3 nitrogen and oxygen atoms in total. The van der Waals surface area contributed by atoms with Crippen molar-refractivity contribution in [1.82, 2.24) is 9.97 Å². The number of hydrogen-bond donors (Lipinski definition) is 0. The molecule has 4 heteroatoms. The first kappa shape index (κ1) is 13.2. The number of aryl methyl sites for hydroxylation is 1. The van der Waals surface area contributed by atoms with Crippen LogP contribution in [0.4, 0.5) is 5.82 Å². The van der Waals surface area contributed by atoms with Crippen LogP contribution in [0, 0.1) is 5.92 Å². The molecule has 1 aromatic rings. The van der Waals surface area contributed by atoms with Crippen molar-refractivity contribution in [2.75, 3.05) is 18.5 Å². The van der Waals surface area contributed by atoms with E-state index in [9.17, 15) is 0 Å². The van der Waals surface area contributed by atoms with Gasteiger partial charge in [-0.15, -0.1) is 0 Å². The van der Waals surface area contributed by atoms with Crippen LogP contribution in [0.3, 0.4) is 0 Å². The molecule has 0 saturated carbocycles. The third-order valence-electron chi connectivity index (χ3n) is 2.48. The smallest absolute Gasteiger partial charge is 0.134 e. The minimum Gasteiger partial charge on any atom is -0.360 e. The maximum atomic E-state index is 5.96. The van der Waals surface area contributed by atoms with E-state index in [1.165, 1.54) is 0 Å². The first-order chi connectivity index (χ1) is 7.52. The van der Waals surface area contributed by atoms with Crippen LogP contribution in [-0.4, -0.2) is 23.6 Å². The molecule has 0 unspecified atom stereocenters. The minimum absolute atomic E-state index is 0.526. The highest BCUT2D eigenvalue weighted by atomic mass is 35.5. The molecular weight excluding hydrogens is 222 g/mol. The Morgan fingerprint density at radius 3 is 2.62 bits per heavy atom. The van der Waals surface area contributed by atoms with Crippen molar-refractivity contribution in [3.63, 3.8) is 0 Å². The molecule has 1 rings (SSSR count). The third kappa shape index (κ3) is 3.97. The zero-order valence-electron chi connectivity index (χ0n) is 10.5. The van der Waals surface area contributed by atoms with Gasteiger partial charge in [0, 0.05) is 26.1 Å². The van der Waals surface area contributed by atoms with Crippen molar-refractivity contribution in [2.45, 2.75) is 33.6 Å². The second-order valence-corrected chi connectivity index (χ2v) is 4.81. The van der Waals surface area contributed by atoms with Gasteiger partial charge in [-0.1, -0.05) is 32.4 Å². The van der Waals surface area contributed by atoms with E-state index >= 15 is 0 Å². The van der Waals surface area contributed by atoms with Gasteiger partial charge in [-0.25, -0.2) is 9.97 Å². The first-order valence-electron chi connectivity index (χ1n) is 5.77. The van der Waals surface area contributed by atoms with E-state index < -0.39 is 0 Å².